The maximum atomic E-state index is 12.7. The zero-order valence-electron chi connectivity index (χ0n) is 18.0. The van der Waals surface area contributed by atoms with Gasteiger partial charge in [-0.15, -0.1) is 0 Å². The Morgan fingerprint density at radius 2 is 1.83 bits per heavy atom. The third-order valence-electron chi connectivity index (χ3n) is 5.97. The fourth-order valence-electron chi connectivity index (χ4n) is 4.40. The van der Waals surface area contributed by atoms with Gasteiger partial charge in [0.2, 0.25) is 5.95 Å². The van der Waals surface area contributed by atoms with E-state index in [2.05, 4.69) is 34.0 Å². The van der Waals surface area contributed by atoms with Crippen LogP contribution in [0.15, 0.2) is 24.4 Å². The first kappa shape index (κ1) is 20.3. The molecule has 0 saturated carbocycles. The van der Waals surface area contributed by atoms with Crippen LogP contribution in [0, 0.1) is 19.8 Å². The third kappa shape index (κ3) is 3.51. The minimum Gasteiger partial charge on any atom is -0.341 e. The Kier molecular flexibility index (Phi) is 5.17. The summed E-state index contributed by atoms with van der Waals surface area (Å²) in [6, 6.07) is 5.63. The SMILES string of the molecule is Cc1ccc(-c2ccnc(N3CCC4(CC3)C(=O)NC(=O)N4CC(C)C)n2)c(C)n1. The van der Waals surface area contributed by atoms with Crippen molar-refractivity contribution in [3.8, 4) is 11.3 Å². The Bertz CT molecular complexity index is 981. The molecule has 2 aliphatic rings. The lowest BCUT2D eigenvalue weighted by Crippen LogP contribution is -2.57. The highest BCUT2D eigenvalue weighted by Gasteiger charge is 2.54. The summed E-state index contributed by atoms with van der Waals surface area (Å²) in [7, 11) is 0. The lowest BCUT2D eigenvalue weighted by Gasteiger charge is -2.42. The van der Waals surface area contributed by atoms with Crippen LogP contribution in [-0.2, 0) is 4.79 Å². The first-order chi connectivity index (χ1) is 14.3. The number of hydrogen-bond acceptors (Lipinski definition) is 6. The predicted octanol–water partition coefficient (Wildman–Crippen LogP) is 2.70. The van der Waals surface area contributed by atoms with E-state index < -0.39 is 5.54 Å². The van der Waals surface area contributed by atoms with Gasteiger partial charge in [0.15, 0.2) is 0 Å². The maximum absolute atomic E-state index is 12.7. The van der Waals surface area contributed by atoms with E-state index in [1.165, 1.54) is 0 Å². The number of amides is 3. The highest BCUT2D eigenvalue weighted by atomic mass is 16.2. The largest absolute Gasteiger partial charge is 0.341 e. The number of carbonyl (C=O) groups excluding carboxylic acids is 2. The summed E-state index contributed by atoms with van der Waals surface area (Å²) in [4.78, 5) is 42.6. The Labute approximate surface area is 176 Å². The number of aryl methyl sites for hydroxylation is 2. The second-order valence-electron chi connectivity index (χ2n) is 8.61. The van der Waals surface area contributed by atoms with E-state index in [0.29, 0.717) is 44.3 Å². The molecule has 0 aliphatic carbocycles. The summed E-state index contributed by atoms with van der Waals surface area (Å²) in [5, 5.41) is 2.52. The molecular formula is C22H28N6O2. The number of aromatic nitrogens is 3. The molecule has 0 aromatic carbocycles. The summed E-state index contributed by atoms with van der Waals surface area (Å²) in [6.07, 6.45) is 2.89. The van der Waals surface area contributed by atoms with Gasteiger partial charge < -0.3 is 9.80 Å². The van der Waals surface area contributed by atoms with E-state index in [9.17, 15) is 9.59 Å². The molecule has 30 heavy (non-hydrogen) atoms. The molecule has 2 saturated heterocycles. The van der Waals surface area contributed by atoms with E-state index >= 15 is 0 Å². The molecule has 0 unspecified atom stereocenters. The Morgan fingerprint density at radius 1 is 1.10 bits per heavy atom. The van der Waals surface area contributed by atoms with Crippen molar-refractivity contribution >= 4 is 17.9 Å². The van der Waals surface area contributed by atoms with Crippen molar-refractivity contribution in [1.29, 1.82) is 0 Å². The van der Waals surface area contributed by atoms with E-state index in [1.54, 1.807) is 11.1 Å². The normalized spacial score (nSPS) is 18.4. The number of nitrogens with zero attached hydrogens (tertiary/aromatic N) is 5. The predicted molar refractivity (Wildman–Crippen MR) is 114 cm³/mol. The Hall–Kier alpha value is -3.03. The average molecular weight is 409 g/mol. The molecule has 8 nitrogen and oxygen atoms in total. The van der Waals surface area contributed by atoms with Crippen LogP contribution in [0.2, 0.25) is 0 Å². The van der Waals surface area contributed by atoms with Crippen LogP contribution in [0.25, 0.3) is 11.3 Å². The molecule has 8 heteroatoms. The molecule has 3 amide bonds. The molecule has 0 atom stereocenters. The highest BCUT2D eigenvalue weighted by Crippen LogP contribution is 2.35. The average Bonchev–Trinajstić information content (AvgIpc) is 2.92. The summed E-state index contributed by atoms with van der Waals surface area (Å²) in [6.45, 7) is 9.86. The van der Waals surface area contributed by atoms with E-state index in [-0.39, 0.29) is 11.9 Å². The molecular weight excluding hydrogens is 380 g/mol. The fraction of sp³-hybridized carbons (Fsp3) is 0.500. The Morgan fingerprint density at radius 3 is 2.50 bits per heavy atom. The molecule has 2 aromatic rings. The van der Waals surface area contributed by atoms with E-state index in [0.717, 1.165) is 22.6 Å². The second kappa shape index (κ2) is 7.66. The first-order valence-corrected chi connectivity index (χ1v) is 10.5. The number of piperidine rings is 1. The van der Waals surface area contributed by atoms with E-state index in [4.69, 9.17) is 4.98 Å². The van der Waals surface area contributed by atoms with Crippen molar-refractivity contribution in [3.05, 3.63) is 35.8 Å². The molecule has 2 aromatic heterocycles. The molecule has 0 bridgehead atoms. The number of hydrogen-bond donors (Lipinski definition) is 1. The van der Waals surface area contributed by atoms with Crippen LogP contribution < -0.4 is 10.2 Å². The first-order valence-electron chi connectivity index (χ1n) is 10.5. The lowest BCUT2D eigenvalue weighted by molar-refractivity contribution is -0.127. The second-order valence-corrected chi connectivity index (χ2v) is 8.61. The number of nitrogens with one attached hydrogen (secondary N) is 1. The van der Waals surface area contributed by atoms with Gasteiger partial charge in [-0.25, -0.2) is 14.8 Å². The quantitative estimate of drug-likeness (QED) is 0.782. The zero-order chi connectivity index (χ0) is 21.5. The Balaban J connectivity index is 1.55. The van der Waals surface area contributed by atoms with Gasteiger partial charge in [-0.2, -0.15) is 0 Å². The van der Waals surface area contributed by atoms with Gasteiger partial charge in [-0.1, -0.05) is 13.8 Å². The minimum absolute atomic E-state index is 0.177. The number of anilines is 1. The highest BCUT2D eigenvalue weighted by molar-refractivity contribution is 6.07. The van der Waals surface area contributed by atoms with Crippen molar-refractivity contribution in [2.75, 3.05) is 24.5 Å². The van der Waals surface area contributed by atoms with Gasteiger partial charge in [-0.3, -0.25) is 15.1 Å². The molecule has 1 spiro atoms. The molecule has 4 heterocycles. The molecule has 2 fully saturated rings. The lowest BCUT2D eigenvalue weighted by atomic mass is 9.85. The molecule has 4 rings (SSSR count). The monoisotopic (exact) mass is 408 g/mol. The van der Waals surface area contributed by atoms with Crippen LogP contribution >= 0.6 is 0 Å². The van der Waals surface area contributed by atoms with Crippen molar-refractivity contribution in [2.24, 2.45) is 5.92 Å². The van der Waals surface area contributed by atoms with Crippen LogP contribution in [0.3, 0.4) is 0 Å². The number of carbonyl (C=O) groups is 2. The number of urea groups is 1. The van der Waals surface area contributed by atoms with Crippen LogP contribution in [0.1, 0.15) is 38.1 Å². The topological polar surface area (TPSA) is 91.3 Å². The zero-order valence-corrected chi connectivity index (χ0v) is 18.0. The molecule has 1 N–H and O–H groups in total. The molecule has 158 valence electrons. The number of imide groups is 1. The van der Waals surface area contributed by atoms with Gasteiger partial charge >= 0.3 is 6.03 Å². The minimum atomic E-state index is -0.757. The van der Waals surface area contributed by atoms with Crippen molar-refractivity contribution < 1.29 is 9.59 Å². The van der Waals surface area contributed by atoms with Gasteiger partial charge in [0.25, 0.3) is 5.91 Å². The van der Waals surface area contributed by atoms with E-state index in [1.807, 2.05) is 32.0 Å². The molecule has 2 aliphatic heterocycles. The van der Waals surface area contributed by atoms with Crippen molar-refractivity contribution in [1.82, 2.24) is 25.2 Å². The smallest absolute Gasteiger partial charge is 0.325 e. The van der Waals surface area contributed by atoms with Crippen LogP contribution in [0.4, 0.5) is 10.7 Å². The van der Waals surface area contributed by atoms with Gasteiger partial charge in [0.05, 0.1) is 5.69 Å². The van der Waals surface area contributed by atoms with Gasteiger partial charge in [0.1, 0.15) is 5.54 Å². The van der Waals surface area contributed by atoms with Crippen LogP contribution in [-0.4, -0.2) is 57.0 Å². The summed E-state index contributed by atoms with van der Waals surface area (Å²) < 4.78 is 0. The summed E-state index contributed by atoms with van der Waals surface area (Å²) >= 11 is 0. The van der Waals surface area contributed by atoms with Crippen molar-refractivity contribution in [3.63, 3.8) is 0 Å². The summed E-state index contributed by atoms with van der Waals surface area (Å²) in [5.41, 5.74) is 2.97. The number of rotatable bonds is 4. The fourth-order valence-corrected chi connectivity index (χ4v) is 4.40. The maximum Gasteiger partial charge on any atom is 0.325 e. The summed E-state index contributed by atoms with van der Waals surface area (Å²) in [5.74, 6) is 0.759. The molecule has 0 radical (unpaired) electrons. The number of pyridine rings is 1. The van der Waals surface area contributed by atoms with Crippen molar-refractivity contribution in [2.45, 2.75) is 46.1 Å². The third-order valence-corrected chi connectivity index (χ3v) is 5.97. The van der Waals surface area contributed by atoms with Gasteiger partial charge in [-0.05, 0) is 50.8 Å². The van der Waals surface area contributed by atoms with Gasteiger partial charge in [0, 0.05) is 42.8 Å². The standard InChI is InChI=1S/C22H28N6O2/c1-14(2)13-28-21(30)26-19(29)22(28)8-11-27(12-9-22)20-23-10-7-18(25-20)17-6-5-15(3)24-16(17)4/h5-7,10,14H,8-9,11-13H2,1-4H3,(H,26,29,30). The van der Waals surface area contributed by atoms with Crippen LogP contribution in [0.5, 0.6) is 0 Å².